The summed E-state index contributed by atoms with van der Waals surface area (Å²) >= 11 is 0. The van der Waals surface area contributed by atoms with Crippen LogP contribution in [0, 0.1) is 5.95 Å². The Hall–Kier alpha value is -2.55. The molecular weight excluding hydrogens is 387 g/mol. The summed E-state index contributed by atoms with van der Waals surface area (Å²) < 4.78 is 19.0. The van der Waals surface area contributed by atoms with Crippen LogP contribution >= 0.6 is 0 Å². The van der Waals surface area contributed by atoms with Crippen molar-refractivity contribution in [1.29, 1.82) is 0 Å². The molecule has 3 aliphatic rings. The average Bonchev–Trinajstić information content (AvgIpc) is 2.72. The molecular formula is C22H25FN4O3. The van der Waals surface area contributed by atoms with Gasteiger partial charge in [0, 0.05) is 44.4 Å². The fourth-order valence-corrected chi connectivity index (χ4v) is 4.55. The lowest BCUT2D eigenvalue weighted by molar-refractivity contribution is -0.107. The van der Waals surface area contributed by atoms with Crippen molar-refractivity contribution in [3.63, 3.8) is 0 Å². The fourth-order valence-electron chi connectivity index (χ4n) is 4.55. The smallest absolute Gasteiger partial charge is 0.320 e. The molecule has 0 bridgehead atoms. The molecule has 3 fully saturated rings. The van der Waals surface area contributed by atoms with Gasteiger partial charge in [-0.05, 0) is 29.2 Å². The molecule has 30 heavy (non-hydrogen) atoms. The second kappa shape index (κ2) is 7.94. The van der Waals surface area contributed by atoms with E-state index in [1.165, 1.54) is 17.8 Å². The van der Waals surface area contributed by atoms with Crippen molar-refractivity contribution in [2.24, 2.45) is 0 Å². The molecule has 158 valence electrons. The van der Waals surface area contributed by atoms with Gasteiger partial charge in [0.1, 0.15) is 6.23 Å². The second-order valence-corrected chi connectivity index (χ2v) is 8.27. The van der Waals surface area contributed by atoms with E-state index in [4.69, 9.17) is 4.74 Å². The first kappa shape index (κ1) is 19.4. The Kier molecular flexibility index (Phi) is 5.14. The van der Waals surface area contributed by atoms with E-state index < -0.39 is 12.2 Å². The first-order chi connectivity index (χ1) is 14.6. The number of piperidine rings is 1. The van der Waals surface area contributed by atoms with E-state index in [0.717, 1.165) is 17.5 Å². The molecule has 0 spiro atoms. The Morgan fingerprint density at radius 1 is 1.13 bits per heavy atom. The minimum Gasteiger partial charge on any atom is -0.376 e. The number of aliphatic hydroxyl groups excluding tert-OH is 1. The highest BCUT2D eigenvalue weighted by molar-refractivity contribution is 5.76. The number of fused-ring (bicyclic) bond motifs is 1. The third kappa shape index (κ3) is 3.78. The van der Waals surface area contributed by atoms with E-state index in [0.29, 0.717) is 38.7 Å². The number of rotatable bonds is 2. The molecule has 2 N–H and O–H groups in total. The van der Waals surface area contributed by atoms with E-state index >= 15 is 0 Å². The van der Waals surface area contributed by atoms with Crippen molar-refractivity contribution >= 4 is 6.03 Å². The van der Waals surface area contributed by atoms with Crippen LogP contribution in [0.25, 0.3) is 11.1 Å². The molecule has 2 amide bonds. The maximum absolute atomic E-state index is 13.3. The van der Waals surface area contributed by atoms with Crippen molar-refractivity contribution in [2.75, 3.05) is 32.8 Å². The molecule has 0 saturated carbocycles. The summed E-state index contributed by atoms with van der Waals surface area (Å²) in [7, 11) is 0. The Labute approximate surface area is 174 Å². The third-order valence-corrected chi connectivity index (χ3v) is 6.29. The summed E-state index contributed by atoms with van der Waals surface area (Å²) in [5.41, 5.74) is 2.93. The van der Waals surface area contributed by atoms with E-state index in [-0.39, 0.29) is 18.2 Å². The van der Waals surface area contributed by atoms with Crippen LogP contribution in [0.1, 0.15) is 17.9 Å². The van der Waals surface area contributed by atoms with Crippen molar-refractivity contribution in [3.8, 4) is 11.1 Å². The van der Waals surface area contributed by atoms with Gasteiger partial charge in [-0.1, -0.05) is 24.3 Å². The normalized spacial score (nSPS) is 26.8. The molecule has 3 aliphatic heterocycles. The number of morpholine rings is 1. The van der Waals surface area contributed by atoms with Gasteiger partial charge in [0.2, 0.25) is 5.95 Å². The van der Waals surface area contributed by atoms with Crippen LogP contribution in [0.4, 0.5) is 9.18 Å². The molecule has 1 aromatic heterocycles. The molecule has 3 atom stereocenters. The average molecular weight is 412 g/mol. The highest BCUT2D eigenvalue weighted by Crippen LogP contribution is 2.31. The molecule has 1 unspecified atom stereocenters. The number of carbonyl (C=O) groups excluding carboxylic acids is 1. The number of aromatic nitrogens is 1. The number of urea groups is 1. The predicted octanol–water partition coefficient (Wildman–Crippen LogP) is 1.79. The fraction of sp³-hybridized carbons (Fsp3) is 0.455. The lowest BCUT2D eigenvalue weighted by Gasteiger charge is -2.47. The van der Waals surface area contributed by atoms with Crippen LogP contribution in [0.5, 0.6) is 0 Å². The van der Waals surface area contributed by atoms with Crippen LogP contribution in [-0.4, -0.2) is 77.1 Å². The Morgan fingerprint density at radius 3 is 2.70 bits per heavy atom. The lowest BCUT2D eigenvalue weighted by atomic mass is 9.90. The number of nitrogens with one attached hydrogen (secondary N) is 1. The zero-order chi connectivity index (χ0) is 20.7. The molecule has 8 heteroatoms. The summed E-state index contributed by atoms with van der Waals surface area (Å²) in [6.45, 7) is 2.92. The number of benzene rings is 1. The highest BCUT2D eigenvalue weighted by atomic mass is 19.1. The lowest BCUT2D eigenvalue weighted by Crippen LogP contribution is -2.64. The van der Waals surface area contributed by atoms with Crippen molar-refractivity contribution in [3.05, 3.63) is 54.1 Å². The Balaban J connectivity index is 1.17. The van der Waals surface area contributed by atoms with Gasteiger partial charge in [-0.2, -0.15) is 4.39 Å². The van der Waals surface area contributed by atoms with Crippen molar-refractivity contribution in [2.45, 2.75) is 30.7 Å². The second-order valence-electron chi connectivity index (χ2n) is 8.27. The van der Waals surface area contributed by atoms with E-state index in [1.807, 2.05) is 21.9 Å². The van der Waals surface area contributed by atoms with Crippen LogP contribution in [0.3, 0.4) is 0 Å². The number of hydrogen-bond acceptors (Lipinski definition) is 5. The largest absolute Gasteiger partial charge is 0.376 e. The van der Waals surface area contributed by atoms with Gasteiger partial charge in [-0.3, -0.25) is 5.32 Å². The number of pyridine rings is 1. The van der Waals surface area contributed by atoms with Gasteiger partial charge in [0.05, 0.1) is 18.8 Å². The molecule has 3 saturated heterocycles. The van der Waals surface area contributed by atoms with Gasteiger partial charge in [0.25, 0.3) is 0 Å². The highest BCUT2D eigenvalue weighted by Gasteiger charge is 2.40. The third-order valence-electron chi connectivity index (χ3n) is 6.29. The summed E-state index contributed by atoms with van der Waals surface area (Å²) in [5, 5.41) is 12.9. The number of aliphatic hydroxyl groups is 1. The van der Waals surface area contributed by atoms with Gasteiger partial charge in [0.15, 0.2) is 0 Å². The van der Waals surface area contributed by atoms with Crippen LogP contribution in [-0.2, 0) is 4.74 Å². The molecule has 0 radical (unpaired) electrons. The SMILES string of the molecule is O=C(N1CC(c2ccc(-c3ccnc(F)c3)cc2)C1)N1CC[C@@H]2OCC(O)N[C@@H]2C1. The van der Waals surface area contributed by atoms with Crippen molar-refractivity contribution in [1.82, 2.24) is 20.1 Å². The standard InChI is InChI=1S/C22H25FN4O3/c23-20-9-16(5-7-24-20)14-1-3-15(4-2-14)17-10-27(11-17)22(29)26-8-6-19-18(12-26)25-21(28)13-30-19/h1-5,7,9,17-19,21,25,28H,6,8,10-13H2/t18-,19+,21?/m1/s1. The molecule has 2 aromatic rings. The van der Waals surface area contributed by atoms with Gasteiger partial charge < -0.3 is 19.6 Å². The monoisotopic (exact) mass is 412 g/mol. The number of ether oxygens (including phenoxy) is 1. The molecule has 7 nitrogen and oxygen atoms in total. The number of hydrogen-bond donors (Lipinski definition) is 2. The predicted molar refractivity (Wildman–Crippen MR) is 108 cm³/mol. The Bertz CT molecular complexity index is 919. The summed E-state index contributed by atoms with van der Waals surface area (Å²) in [4.78, 5) is 20.2. The molecule has 0 aliphatic carbocycles. The van der Waals surface area contributed by atoms with Crippen LogP contribution in [0.2, 0.25) is 0 Å². The maximum atomic E-state index is 13.3. The van der Waals surface area contributed by atoms with Gasteiger partial charge in [-0.15, -0.1) is 0 Å². The first-order valence-electron chi connectivity index (χ1n) is 10.4. The first-order valence-corrected chi connectivity index (χ1v) is 10.4. The molecule has 4 heterocycles. The number of amides is 2. The minimum absolute atomic E-state index is 0.0194. The summed E-state index contributed by atoms with van der Waals surface area (Å²) in [5.74, 6) is -0.175. The zero-order valence-corrected chi connectivity index (χ0v) is 16.6. The van der Waals surface area contributed by atoms with E-state index in [1.54, 1.807) is 6.07 Å². The topological polar surface area (TPSA) is 77.9 Å². The van der Waals surface area contributed by atoms with Gasteiger partial charge >= 0.3 is 6.03 Å². The van der Waals surface area contributed by atoms with Crippen molar-refractivity contribution < 1.29 is 19.0 Å². The summed E-state index contributed by atoms with van der Waals surface area (Å²) in [6, 6.07) is 11.3. The maximum Gasteiger partial charge on any atom is 0.320 e. The minimum atomic E-state index is -0.665. The molecule has 5 rings (SSSR count). The summed E-state index contributed by atoms with van der Waals surface area (Å²) in [6.07, 6.45) is 1.65. The van der Waals surface area contributed by atoms with E-state index in [9.17, 15) is 14.3 Å². The number of halogens is 1. The molecule has 1 aromatic carbocycles. The van der Waals surface area contributed by atoms with Crippen LogP contribution in [0.15, 0.2) is 42.6 Å². The van der Waals surface area contributed by atoms with Crippen LogP contribution < -0.4 is 5.32 Å². The zero-order valence-electron chi connectivity index (χ0n) is 16.6. The Morgan fingerprint density at radius 2 is 1.93 bits per heavy atom. The number of likely N-dealkylation sites (tertiary alicyclic amines) is 2. The van der Waals surface area contributed by atoms with E-state index in [2.05, 4.69) is 22.4 Å². The number of nitrogens with zero attached hydrogens (tertiary/aromatic N) is 3. The van der Waals surface area contributed by atoms with Gasteiger partial charge in [-0.25, -0.2) is 9.78 Å². The quantitative estimate of drug-likeness (QED) is 0.736. The number of carbonyl (C=O) groups is 1.